The van der Waals surface area contributed by atoms with Gasteiger partial charge in [0, 0.05) is 17.7 Å². The Morgan fingerprint density at radius 1 is 1.21 bits per heavy atom. The summed E-state index contributed by atoms with van der Waals surface area (Å²) in [5.74, 6) is -3.90. The number of aliphatic carboxylic acids is 2. The van der Waals surface area contributed by atoms with Crippen LogP contribution in [0.1, 0.15) is 25.8 Å². The highest BCUT2D eigenvalue weighted by atomic mass is 31.2. The van der Waals surface area contributed by atoms with Gasteiger partial charge in [-0.1, -0.05) is 62.4 Å². The van der Waals surface area contributed by atoms with Crippen LogP contribution in [0.15, 0.2) is 54.1 Å². The summed E-state index contributed by atoms with van der Waals surface area (Å²) >= 11 is 0. The standard InChI is InChI=1S/C17H19O6P.C3H9N/c1-12-14(15(18)19)8-5-10-17(12,16(20)21)24(22,23)11-9-13-6-3-2-4-7-13;1-2-3-4/h2-8,10,12H,9,11H2,1H3,(H,18,19)(H,20,21)(H,22,23);2-4H2,1H3. The second-order valence-corrected chi connectivity index (χ2v) is 9.18. The van der Waals surface area contributed by atoms with Gasteiger partial charge in [-0.15, -0.1) is 0 Å². The molecular weight excluding hydrogens is 381 g/mol. The lowest BCUT2D eigenvalue weighted by molar-refractivity contribution is -0.140. The van der Waals surface area contributed by atoms with Crippen molar-refractivity contribution in [2.24, 2.45) is 11.7 Å². The van der Waals surface area contributed by atoms with Gasteiger partial charge in [0.2, 0.25) is 7.37 Å². The molecule has 8 heteroatoms. The van der Waals surface area contributed by atoms with Gasteiger partial charge in [-0.2, -0.15) is 0 Å². The number of carboxylic acid groups (broad SMARTS) is 2. The Bertz CT molecular complexity index is 787. The molecule has 1 aromatic carbocycles. The zero-order chi connectivity index (χ0) is 21.4. The Labute approximate surface area is 165 Å². The molecule has 1 aliphatic carbocycles. The van der Waals surface area contributed by atoms with E-state index in [0.29, 0.717) is 0 Å². The molecule has 3 atom stereocenters. The molecule has 7 nitrogen and oxygen atoms in total. The third kappa shape index (κ3) is 5.19. The van der Waals surface area contributed by atoms with E-state index in [4.69, 9.17) is 5.73 Å². The quantitative estimate of drug-likeness (QED) is 0.508. The normalized spacial score (nSPS) is 23.0. The van der Waals surface area contributed by atoms with Gasteiger partial charge in [-0.05, 0) is 24.9 Å². The molecule has 0 saturated carbocycles. The fraction of sp³-hybridized carbons (Fsp3) is 0.400. The molecule has 3 unspecified atom stereocenters. The number of nitrogens with two attached hydrogens (primary N) is 1. The first kappa shape index (κ1) is 23.8. The molecule has 1 aromatic rings. The summed E-state index contributed by atoms with van der Waals surface area (Å²) < 4.78 is 13.0. The van der Waals surface area contributed by atoms with Gasteiger partial charge < -0.3 is 20.8 Å². The first-order valence-corrected chi connectivity index (χ1v) is 10.9. The fourth-order valence-corrected chi connectivity index (χ4v) is 5.31. The van der Waals surface area contributed by atoms with Crippen LogP contribution in [-0.2, 0) is 20.6 Å². The van der Waals surface area contributed by atoms with Crippen molar-refractivity contribution in [3.05, 3.63) is 59.7 Å². The van der Waals surface area contributed by atoms with Crippen molar-refractivity contribution in [2.75, 3.05) is 12.7 Å². The van der Waals surface area contributed by atoms with E-state index in [-0.39, 0.29) is 18.2 Å². The van der Waals surface area contributed by atoms with Crippen molar-refractivity contribution in [3.63, 3.8) is 0 Å². The van der Waals surface area contributed by atoms with Crippen LogP contribution in [0.25, 0.3) is 0 Å². The molecule has 0 spiro atoms. The highest BCUT2D eigenvalue weighted by molar-refractivity contribution is 7.61. The second-order valence-electron chi connectivity index (χ2n) is 6.59. The van der Waals surface area contributed by atoms with Crippen molar-refractivity contribution in [1.29, 1.82) is 0 Å². The molecule has 0 heterocycles. The molecule has 0 amide bonds. The lowest BCUT2D eigenvalue weighted by Gasteiger charge is -2.38. The number of hydrogen-bond donors (Lipinski definition) is 4. The zero-order valence-electron chi connectivity index (χ0n) is 16.1. The first-order chi connectivity index (χ1) is 13.1. The molecule has 0 bridgehead atoms. The van der Waals surface area contributed by atoms with Crippen molar-refractivity contribution in [3.8, 4) is 0 Å². The highest BCUT2D eigenvalue weighted by Crippen LogP contribution is 2.61. The number of hydrogen-bond acceptors (Lipinski definition) is 4. The minimum Gasteiger partial charge on any atom is -0.480 e. The van der Waals surface area contributed by atoms with Crippen molar-refractivity contribution in [2.45, 2.75) is 31.8 Å². The minimum absolute atomic E-state index is 0.186. The summed E-state index contributed by atoms with van der Waals surface area (Å²) in [5, 5.41) is 16.8. The van der Waals surface area contributed by atoms with E-state index in [9.17, 15) is 29.3 Å². The maximum absolute atomic E-state index is 13.0. The lowest BCUT2D eigenvalue weighted by Crippen LogP contribution is -2.46. The molecule has 1 aliphatic rings. The van der Waals surface area contributed by atoms with Gasteiger partial charge in [-0.25, -0.2) is 4.79 Å². The van der Waals surface area contributed by atoms with Crippen LogP contribution in [-0.4, -0.2) is 44.9 Å². The smallest absolute Gasteiger partial charge is 0.331 e. The average Bonchev–Trinajstić information content (AvgIpc) is 2.67. The Kier molecular flexibility index (Phi) is 8.82. The molecule has 5 N–H and O–H groups in total. The number of rotatable bonds is 7. The average molecular weight is 409 g/mol. The topological polar surface area (TPSA) is 138 Å². The highest BCUT2D eigenvalue weighted by Gasteiger charge is 2.57. The summed E-state index contributed by atoms with van der Waals surface area (Å²) in [7, 11) is -4.24. The lowest BCUT2D eigenvalue weighted by atomic mass is 9.82. The Hall–Kier alpha value is -2.21. The third-order valence-electron chi connectivity index (χ3n) is 4.76. The van der Waals surface area contributed by atoms with Crippen LogP contribution >= 0.6 is 7.37 Å². The van der Waals surface area contributed by atoms with E-state index >= 15 is 0 Å². The van der Waals surface area contributed by atoms with E-state index in [1.54, 1.807) is 24.3 Å². The summed E-state index contributed by atoms with van der Waals surface area (Å²) in [6.07, 6.45) is 4.74. The number of carboxylic acids is 2. The van der Waals surface area contributed by atoms with Gasteiger partial charge >= 0.3 is 11.9 Å². The zero-order valence-corrected chi connectivity index (χ0v) is 17.0. The number of benzene rings is 1. The van der Waals surface area contributed by atoms with Gasteiger partial charge in [0.05, 0.1) is 0 Å². The molecule has 154 valence electrons. The number of carbonyl (C=O) groups is 2. The summed E-state index contributed by atoms with van der Waals surface area (Å²) in [6, 6.07) is 8.97. The van der Waals surface area contributed by atoms with Crippen LogP contribution < -0.4 is 5.73 Å². The van der Waals surface area contributed by atoms with Crippen LogP contribution in [0, 0.1) is 5.92 Å². The van der Waals surface area contributed by atoms with E-state index in [0.717, 1.165) is 24.6 Å². The Morgan fingerprint density at radius 2 is 1.79 bits per heavy atom. The van der Waals surface area contributed by atoms with Gasteiger partial charge in [0.25, 0.3) is 0 Å². The van der Waals surface area contributed by atoms with E-state index < -0.39 is 30.4 Å². The molecule has 28 heavy (non-hydrogen) atoms. The molecule has 2 rings (SSSR count). The summed E-state index contributed by atoms with van der Waals surface area (Å²) in [4.78, 5) is 33.8. The molecule has 0 saturated heterocycles. The Morgan fingerprint density at radius 3 is 2.25 bits per heavy atom. The predicted octanol–water partition coefficient (Wildman–Crippen LogP) is 2.89. The Balaban J connectivity index is 0.000000892. The van der Waals surface area contributed by atoms with Gasteiger partial charge in [0.15, 0.2) is 5.16 Å². The van der Waals surface area contributed by atoms with Crippen molar-refractivity contribution < 1.29 is 29.3 Å². The minimum atomic E-state index is -4.24. The van der Waals surface area contributed by atoms with E-state index in [1.165, 1.54) is 19.1 Å². The summed E-state index contributed by atoms with van der Waals surface area (Å²) in [6.45, 7) is 4.24. The van der Waals surface area contributed by atoms with Crippen molar-refractivity contribution >= 4 is 19.3 Å². The maximum atomic E-state index is 13.0. The van der Waals surface area contributed by atoms with Crippen LogP contribution in [0.4, 0.5) is 0 Å². The molecular formula is C20H28NO6P. The van der Waals surface area contributed by atoms with Crippen LogP contribution in [0.2, 0.25) is 0 Å². The fourth-order valence-electron chi connectivity index (χ4n) is 3.02. The number of aryl methyl sites for hydroxylation is 1. The van der Waals surface area contributed by atoms with E-state index in [1.807, 2.05) is 6.07 Å². The molecule has 0 radical (unpaired) electrons. The van der Waals surface area contributed by atoms with Crippen LogP contribution in [0.5, 0.6) is 0 Å². The molecule has 0 aliphatic heterocycles. The first-order valence-electron chi connectivity index (χ1n) is 9.06. The van der Waals surface area contributed by atoms with Gasteiger partial charge in [-0.3, -0.25) is 9.36 Å². The van der Waals surface area contributed by atoms with Crippen molar-refractivity contribution in [1.82, 2.24) is 0 Å². The van der Waals surface area contributed by atoms with Crippen LogP contribution in [0.3, 0.4) is 0 Å². The number of allylic oxidation sites excluding steroid dienone is 2. The second kappa shape index (κ2) is 10.4. The molecule has 0 fully saturated rings. The maximum Gasteiger partial charge on any atom is 0.331 e. The SMILES string of the molecule is CC1C(C(=O)O)=CC=CC1(C(=O)O)P(=O)(O)CCc1ccccc1.CCCN. The summed E-state index contributed by atoms with van der Waals surface area (Å²) in [5.41, 5.74) is 5.66. The predicted molar refractivity (Wildman–Crippen MR) is 109 cm³/mol. The van der Waals surface area contributed by atoms with Gasteiger partial charge in [0.1, 0.15) is 0 Å². The monoisotopic (exact) mass is 409 g/mol. The largest absolute Gasteiger partial charge is 0.480 e. The third-order valence-corrected chi connectivity index (χ3v) is 7.47. The molecule has 0 aromatic heterocycles. The van der Waals surface area contributed by atoms with E-state index in [2.05, 4.69) is 6.92 Å².